The van der Waals surface area contributed by atoms with Gasteiger partial charge < -0.3 is 10.5 Å². The second-order valence-electron chi connectivity index (χ2n) is 3.64. The van der Waals surface area contributed by atoms with Crippen molar-refractivity contribution in [2.75, 3.05) is 13.7 Å². The van der Waals surface area contributed by atoms with Gasteiger partial charge >= 0.3 is 0 Å². The van der Waals surface area contributed by atoms with Crippen LogP contribution in [0.25, 0.3) is 0 Å². The minimum Gasteiger partial charge on any atom is -0.381 e. The number of rotatable bonds is 9. The maximum absolute atomic E-state index is 5.43. The first-order chi connectivity index (χ1) is 6.35. The summed E-state index contributed by atoms with van der Waals surface area (Å²) in [6.07, 6.45) is 9.13. The number of nitrogens with two attached hydrogens (primary N) is 1. The Morgan fingerprint density at radius 1 is 1.08 bits per heavy atom. The highest BCUT2D eigenvalue weighted by Gasteiger charge is 2.05. The molecule has 0 aliphatic carbocycles. The number of hydrogen-bond acceptors (Lipinski definition) is 2. The van der Waals surface area contributed by atoms with Gasteiger partial charge in [-0.1, -0.05) is 32.6 Å². The van der Waals surface area contributed by atoms with Crippen molar-refractivity contribution < 1.29 is 4.74 Å². The first-order valence-corrected chi connectivity index (χ1v) is 5.58. The monoisotopic (exact) mass is 187 g/mol. The van der Waals surface area contributed by atoms with Crippen molar-refractivity contribution in [3.63, 3.8) is 0 Å². The fourth-order valence-electron chi connectivity index (χ4n) is 1.50. The van der Waals surface area contributed by atoms with Gasteiger partial charge in [-0.25, -0.2) is 0 Å². The summed E-state index contributed by atoms with van der Waals surface area (Å²) in [7, 11) is 1.82. The second-order valence-corrected chi connectivity index (χ2v) is 3.64. The van der Waals surface area contributed by atoms with Crippen LogP contribution in [0.5, 0.6) is 0 Å². The van der Waals surface area contributed by atoms with Gasteiger partial charge in [0.15, 0.2) is 0 Å². The van der Waals surface area contributed by atoms with Crippen LogP contribution in [0, 0.1) is 0 Å². The number of unbranched alkanes of at least 4 members (excludes halogenated alkanes) is 3. The Labute approximate surface area is 82.8 Å². The van der Waals surface area contributed by atoms with Crippen molar-refractivity contribution in [3.8, 4) is 0 Å². The lowest BCUT2D eigenvalue weighted by Gasteiger charge is -2.14. The summed E-state index contributed by atoms with van der Waals surface area (Å²) in [5.74, 6) is 0. The number of hydrogen-bond donors (Lipinski definition) is 1. The molecule has 80 valence electrons. The van der Waals surface area contributed by atoms with Gasteiger partial charge in [0.2, 0.25) is 0 Å². The van der Waals surface area contributed by atoms with E-state index in [1.807, 2.05) is 7.11 Å². The Kier molecular flexibility index (Phi) is 9.94. The van der Waals surface area contributed by atoms with Gasteiger partial charge in [-0.15, -0.1) is 0 Å². The van der Waals surface area contributed by atoms with E-state index in [0.29, 0.717) is 6.10 Å². The molecule has 0 aliphatic rings. The van der Waals surface area contributed by atoms with Crippen LogP contribution in [0.3, 0.4) is 0 Å². The van der Waals surface area contributed by atoms with Crippen LogP contribution in [0.4, 0.5) is 0 Å². The molecule has 0 aliphatic heterocycles. The highest BCUT2D eigenvalue weighted by atomic mass is 16.5. The zero-order valence-electron chi connectivity index (χ0n) is 9.22. The van der Waals surface area contributed by atoms with E-state index in [1.165, 1.54) is 38.5 Å². The molecule has 0 aromatic rings. The molecule has 0 spiro atoms. The molecular weight excluding hydrogens is 162 g/mol. The van der Waals surface area contributed by atoms with Crippen molar-refractivity contribution >= 4 is 0 Å². The Morgan fingerprint density at radius 3 is 2.31 bits per heavy atom. The molecule has 0 saturated carbocycles. The molecule has 0 aromatic carbocycles. The van der Waals surface area contributed by atoms with E-state index in [-0.39, 0.29) is 0 Å². The van der Waals surface area contributed by atoms with Crippen molar-refractivity contribution in [2.24, 2.45) is 5.73 Å². The van der Waals surface area contributed by atoms with Crippen molar-refractivity contribution in [1.82, 2.24) is 0 Å². The smallest absolute Gasteiger partial charge is 0.0571 e. The minimum atomic E-state index is 0.484. The lowest BCUT2D eigenvalue weighted by Crippen LogP contribution is -2.10. The molecule has 0 rings (SSSR count). The topological polar surface area (TPSA) is 35.2 Å². The molecule has 13 heavy (non-hydrogen) atoms. The summed E-state index contributed by atoms with van der Waals surface area (Å²) in [5.41, 5.74) is 5.43. The van der Waals surface area contributed by atoms with Crippen molar-refractivity contribution in [3.05, 3.63) is 0 Å². The second kappa shape index (κ2) is 10.0. The Balaban J connectivity index is 3.25. The first-order valence-electron chi connectivity index (χ1n) is 5.58. The SMILES string of the molecule is CCCCC(CCCCCN)OC. The van der Waals surface area contributed by atoms with Gasteiger partial charge in [-0.2, -0.15) is 0 Å². The van der Waals surface area contributed by atoms with Crippen LogP contribution in [0.15, 0.2) is 0 Å². The van der Waals surface area contributed by atoms with Gasteiger partial charge in [-0.05, 0) is 25.8 Å². The number of ether oxygens (including phenoxy) is 1. The molecule has 0 radical (unpaired) electrons. The van der Waals surface area contributed by atoms with E-state index in [2.05, 4.69) is 6.92 Å². The van der Waals surface area contributed by atoms with E-state index >= 15 is 0 Å². The van der Waals surface area contributed by atoms with Crippen LogP contribution in [0.1, 0.15) is 51.9 Å². The molecule has 0 aromatic heterocycles. The number of methoxy groups -OCH3 is 1. The fourth-order valence-corrected chi connectivity index (χ4v) is 1.50. The average molecular weight is 187 g/mol. The van der Waals surface area contributed by atoms with Gasteiger partial charge in [0, 0.05) is 7.11 Å². The Morgan fingerprint density at radius 2 is 1.77 bits per heavy atom. The fraction of sp³-hybridized carbons (Fsp3) is 1.00. The molecular formula is C11H25NO. The van der Waals surface area contributed by atoms with Crippen molar-refractivity contribution in [1.29, 1.82) is 0 Å². The predicted molar refractivity (Wildman–Crippen MR) is 57.8 cm³/mol. The minimum absolute atomic E-state index is 0.484. The summed E-state index contributed by atoms with van der Waals surface area (Å²) in [6.45, 7) is 3.05. The largest absolute Gasteiger partial charge is 0.381 e. The van der Waals surface area contributed by atoms with Crippen LogP contribution in [-0.2, 0) is 4.74 Å². The third-order valence-electron chi connectivity index (χ3n) is 2.44. The summed E-state index contributed by atoms with van der Waals surface area (Å²) >= 11 is 0. The van der Waals surface area contributed by atoms with Gasteiger partial charge in [0.25, 0.3) is 0 Å². The molecule has 2 heteroatoms. The molecule has 0 amide bonds. The van der Waals surface area contributed by atoms with Gasteiger partial charge in [0.1, 0.15) is 0 Å². The van der Waals surface area contributed by atoms with Gasteiger partial charge in [0.05, 0.1) is 6.10 Å². The standard InChI is InChI=1S/C11H25NO/c1-3-4-8-11(13-2)9-6-5-7-10-12/h11H,3-10,12H2,1-2H3. The molecule has 1 atom stereocenters. The summed E-state index contributed by atoms with van der Waals surface area (Å²) in [4.78, 5) is 0. The molecule has 0 saturated heterocycles. The third-order valence-corrected chi connectivity index (χ3v) is 2.44. The van der Waals surface area contributed by atoms with E-state index in [4.69, 9.17) is 10.5 Å². The highest BCUT2D eigenvalue weighted by Crippen LogP contribution is 2.12. The maximum Gasteiger partial charge on any atom is 0.0571 e. The lowest BCUT2D eigenvalue weighted by atomic mass is 10.1. The average Bonchev–Trinajstić information content (AvgIpc) is 2.17. The molecule has 0 bridgehead atoms. The predicted octanol–water partition coefficient (Wildman–Crippen LogP) is 2.71. The van der Waals surface area contributed by atoms with Gasteiger partial charge in [-0.3, -0.25) is 0 Å². The highest BCUT2D eigenvalue weighted by molar-refractivity contribution is 4.58. The first kappa shape index (κ1) is 12.9. The third kappa shape index (κ3) is 8.26. The quantitative estimate of drug-likeness (QED) is 0.563. The van der Waals surface area contributed by atoms with E-state index < -0.39 is 0 Å². The molecule has 0 fully saturated rings. The van der Waals surface area contributed by atoms with E-state index in [0.717, 1.165) is 13.0 Å². The zero-order chi connectivity index (χ0) is 9.94. The molecule has 0 heterocycles. The zero-order valence-corrected chi connectivity index (χ0v) is 9.22. The lowest BCUT2D eigenvalue weighted by molar-refractivity contribution is 0.0837. The van der Waals surface area contributed by atoms with E-state index in [9.17, 15) is 0 Å². The summed E-state index contributed by atoms with van der Waals surface area (Å²) in [5, 5.41) is 0. The normalized spacial score (nSPS) is 13.2. The summed E-state index contributed by atoms with van der Waals surface area (Å²) in [6, 6.07) is 0. The Bertz CT molecular complexity index is 96.1. The summed E-state index contributed by atoms with van der Waals surface area (Å²) < 4.78 is 5.40. The maximum atomic E-state index is 5.43. The molecule has 1 unspecified atom stereocenters. The van der Waals surface area contributed by atoms with Crippen LogP contribution in [-0.4, -0.2) is 19.8 Å². The molecule has 2 N–H and O–H groups in total. The van der Waals surface area contributed by atoms with Crippen molar-refractivity contribution in [2.45, 2.75) is 58.0 Å². The van der Waals surface area contributed by atoms with Crippen LogP contribution in [0.2, 0.25) is 0 Å². The Hall–Kier alpha value is -0.0800. The van der Waals surface area contributed by atoms with Crippen LogP contribution >= 0.6 is 0 Å². The molecule has 2 nitrogen and oxygen atoms in total. The van der Waals surface area contributed by atoms with Crippen LogP contribution < -0.4 is 5.73 Å². The van der Waals surface area contributed by atoms with E-state index in [1.54, 1.807) is 0 Å².